The molecule has 0 unspecified atom stereocenters. The van der Waals surface area contributed by atoms with Crippen LogP contribution in [0.5, 0.6) is 0 Å². The molecule has 0 atom stereocenters. The fraction of sp³-hybridized carbons (Fsp3) is 0.462. The van der Waals surface area contributed by atoms with Crippen molar-refractivity contribution in [2.45, 2.75) is 33.6 Å². The summed E-state index contributed by atoms with van der Waals surface area (Å²) in [7, 11) is 0. The van der Waals surface area contributed by atoms with Crippen molar-refractivity contribution in [3.63, 3.8) is 0 Å². The van der Waals surface area contributed by atoms with E-state index in [0.29, 0.717) is 5.92 Å². The lowest BCUT2D eigenvalue weighted by Gasteiger charge is -2.10. The van der Waals surface area contributed by atoms with Crippen molar-refractivity contribution in [2.24, 2.45) is 10.9 Å². The number of hydrogen-bond donors (Lipinski definition) is 0. The lowest BCUT2D eigenvalue weighted by molar-refractivity contribution is 0.739. The van der Waals surface area contributed by atoms with Crippen molar-refractivity contribution in [1.82, 2.24) is 0 Å². The van der Waals surface area contributed by atoms with Gasteiger partial charge in [0.15, 0.2) is 0 Å². The summed E-state index contributed by atoms with van der Waals surface area (Å²) < 4.78 is 0. The van der Waals surface area contributed by atoms with Crippen LogP contribution in [0, 0.1) is 5.92 Å². The molecule has 1 rings (SSSR count). The maximum atomic E-state index is 4.39. The number of nitrogens with zero attached hydrogens (tertiary/aromatic N) is 1. The molecule has 1 nitrogen and oxygen atoms in total. The standard InChI is InChI=1S/C13H19N/c1-6-12-11(5)8-14-13(12)7-10(4)9(2)3/h8-9H,4-7H2,1-3H3. The van der Waals surface area contributed by atoms with E-state index in [1.807, 2.05) is 6.21 Å². The number of aliphatic imine (C=N–C) groups is 1. The Labute approximate surface area is 86.9 Å². The van der Waals surface area contributed by atoms with Gasteiger partial charge in [0.05, 0.1) is 0 Å². The second-order valence-corrected chi connectivity index (χ2v) is 4.05. The molecular weight excluding hydrogens is 170 g/mol. The van der Waals surface area contributed by atoms with Gasteiger partial charge in [0.1, 0.15) is 0 Å². The Morgan fingerprint density at radius 3 is 2.64 bits per heavy atom. The third-order valence-corrected chi connectivity index (χ3v) is 2.68. The first kappa shape index (κ1) is 11.0. The van der Waals surface area contributed by atoms with Gasteiger partial charge in [-0.1, -0.05) is 39.5 Å². The Balaban J connectivity index is 2.78. The molecule has 0 saturated heterocycles. The molecule has 1 heterocycles. The smallest absolute Gasteiger partial charge is 0.0482 e. The number of rotatable bonds is 4. The number of hydrogen-bond acceptors (Lipinski definition) is 1. The highest BCUT2D eigenvalue weighted by molar-refractivity contribution is 5.88. The first-order chi connectivity index (χ1) is 6.56. The molecule has 0 aromatic carbocycles. The van der Waals surface area contributed by atoms with Gasteiger partial charge in [-0.25, -0.2) is 0 Å². The Morgan fingerprint density at radius 1 is 1.50 bits per heavy atom. The van der Waals surface area contributed by atoms with Crippen LogP contribution in [-0.2, 0) is 0 Å². The second kappa shape index (κ2) is 4.41. The van der Waals surface area contributed by atoms with E-state index >= 15 is 0 Å². The Bertz CT molecular complexity index is 316. The largest absolute Gasteiger partial charge is 0.260 e. The van der Waals surface area contributed by atoms with Gasteiger partial charge in [-0.3, -0.25) is 4.99 Å². The summed E-state index contributed by atoms with van der Waals surface area (Å²) in [6.45, 7) is 14.5. The van der Waals surface area contributed by atoms with Crippen molar-refractivity contribution in [1.29, 1.82) is 0 Å². The minimum Gasteiger partial charge on any atom is -0.260 e. The highest BCUT2D eigenvalue weighted by atomic mass is 14.8. The van der Waals surface area contributed by atoms with Crippen LogP contribution < -0.4 is 0 Å². The maximum absolute atomic E-state index is 4.39. The van der Waals surface area contributed by atoms with E-state index in [-0.39, 0.29) is 0 Å². The average molecular weight is 189 g/mol. The van der Waals surface area contributed by atoms with Crippen LogP contribution in [-0.4, -0.2) is 6.21 Å². The molecule has 1 heteroatoms. The first-order valence-corrected chi connectivity index (χ1v) is 5.19. The molecule has 0 fully saturated rings. The van der Waals surface area contributed by atoms with Crippen molar-refractivity contribution in [3.05, 3.63) is 35.6 Å². The zero-order valence-corrected chi connectivity index (χ0v) is 9.43. The van der Waals surface area contributed by atoms with Crippen molar-refractivity contribution in [3.8, 4) is 0 Å². The molecule has 0 spiro atoms. The summed E-state index contributed by atoms with van der Waals surface area (Å²) >= 11 is 0. The molecule has 0 saturated carbocycles. The van der Waals surface area contributed by atoms with Crippen molar-refractivity contribution in [2.75, 3.05) is 0 Å². The van der Waals surface area contributed by atoms with Crippen LogP contribution in [0.3, 0.4) is 0 Å². The highest BCUT2D eigenvalue weighted by Crippen LogP contribution is 2.28. The third kappa shape index (κ3) is 2.22. The van der Waals surface area contributed by atoms with Crippen LogP contribution in [0.1, 0.15) is 33.6 Å². The predicted octanol–water partition coefficient (Wildman–Crippen LogP) is 3.89. The fourth-order valence-electron chi connectivity index (χ4n) is 1.50. The van der Waals surface area contributed by atoms with Crippen LogP contribution in [0.25, 0.3) is 0 Å². The maximum Gasteiger partial charge on any atom is 0.0482 e. The first-order valence-electron chi connectivity index (χ1n) is 5.19. The van der Waals surface area contributed by atoms with E-state index in [1.165, 1.54) is 11.1 Å². The minimum atomic E-state index is 0.532. The van der Waals surface area contributed by atoms with E-state index in [1.54, 1.807) is 0 Å². The molecule has 0 amide bonds. The monoisotopic (exact) mass is 189 g/mol. The topological polar surface area (TPSA) is 12.4 Å². The predicted molar refractivity (Wildman–Crippen MR) is 63.5 cm³/mol. The molecule has 14 heavy (non-hydrogen) atoms. The Kier molecular flexibility index (Phi) is 3.45. The van der Waals surface area contributed by atoms with Crippen LogP contribution in [0.2, 0.25) is 0 Å². The summed E-state index contributed by atoms with van der Waals surface area (Å²) in [4.78, 5) is 4.39. The van der Waals surface area contributed by atoms with E-state index < -0.39 is 0 Å². The molecule has 1 aliphatic heterocycles. The molecule has 0 aromatic heterocycles. The molecule has 0 aromatic rings. The summed E-state index contributed by atoms with van der Waals surface area (Å²) in [6.07, 6.45) is 3.78. The molecule has 76 valence electrons. The van der Waals surface area contributed by atoms with E-state index in [0.717, 1.165) is 24.1 Å². The SMILES string of the molecule is C=C1C=NC(CC(=C)C(C)C)=C1CC. The van der Waals surface area contributed by atoms with Gasteiger partial charge in [-0.05, 0) is 23.5 Å². The molecule has 0 radical (unpaired) electrons. The lowest BCUT2D eigenvalue weighted by atomic mass is 9.97. The van der Waals surface area contributed by atoms with Gasteiger partial charge in [0.25, 0.3) is 0 Å². The molecule has 1 aliphatic rings. The van der Waals surface area contributed by atoms with Gasteiger partial charge < -0.3 is 0 Å². The average Bonchev–Trinajstić information content (AvgIpc) is 2.46. The normalized spacial score (nSPS) is 15.9. The van der Waals surface area contributed by atoms with Gasteiger partial charge in [-0.15, -0.1) is 0 Å². The van der Waals surface area contributed by atoms with E-state index in [2.05, 4.69) is 38.9 Å². The summed E-state index contributed by atoms with van der Waals surface area (Å²) in [5, 5.41) is 0. The highest BCUT2D eigenvalue weighted by Gasteiger charge is 2.14. The molecular formula is C13H19N. The van der Waals surface area contributed by atoms with Crippen LogP contribution >= 0.6 is 0 Å². The Morgan fingerprint density at radius 2 is 2.14 bits per heavy atom. The lowest BCUT2D eigenvalue weighted by Crippen LogP contribution is -1.94. The zero-order valence-electron chi connectivity index (χ0n) is 9.43. The van der Waals surface area contributed by atoms with Crippen LogP contribution in [0.15, 0.2) is 40.6 Å². The Hall–Kier alpha value is -1.11. The zero-order chi connectivity index (χ0) is 10.7. The summed E-state index contributed by atoms with van der Waals surface area (Å²) in [6, 6.07) is 0. The van der Waals surface area contributed by atoms with Gasteiger partial charge >= 0.3 is 0 Å². The van der Waals surface area contributed by atoms with Crippen LogP contribution in [0.4, 0.5) is 0 Å². The quantitative estimate of drug-likeness (QED) is 0.595. The van der Waals surface area contributed by atoms with Gasteiger partial charge in [0, 0.05) is 18.3 Å². The second-order valence-electron chi connectivity index (χ2n) is 4.05. The molecule has 0 N–H and O–H groups in total. The number of allylic oxidation sites excluding steroid dienone is 3. The third-order valence-electron chi connectivity index (χ3n) is 2.68. The molecule has 0 bridgehead atoms. The van der Waals surface area contributed by atoms with Gasteiger partial charge in [-0.2, -0.15) is 0 Å². The van der Waals surface area contributed by atoms with E-state index in [4.69, 9.17) is 0 Å². The summed E-state index contributed by atoms with van der Waals surface area (Å²) in [5.74, 6) is 0.532. The minimum absolute atomic E-state index is 0.532. The van der Waals surface area contributed by atoms with Gasteiger partial charge in [0.2, 0.25) is 0 Å². The summed E-state index contributed by atoms with van der Waals surface area (Å²) in [5.41, 5.74) is 4.78. The fourth-order valence-corrected chi connectivity index (χ4v) is 1.50. The molecule has 0 aliphatic carbocycles. The van der Waals surface area contributed by atoms with Crippen molar-refractivity contribution < 1.29 is 0 Å². The van der Waals surface area contributed by atoms with E-state index in [9.17, 15) is 0 Å². The van der Waals surface area contributed by atoms with Crippen molar-refractivity contribution >= 4 is 6.21 Å².